The maximum absolute atomic E-state index is 2.61. The largest absolute Gasteiger partial charge is 0.300 e. The van der Waals surface area contributed by atoms with Crippen LogP contribution in [-0.4, -0.2) is 48.1 Å². The van der Waals surface area contributed by atoms with Crippen LogP contribution in [0.1, 0.15) is 41.5 Å². The smallest absolute Gasteiger partial charge is 0.0198 e. The van der Waals surface area contributed by atoms with Crippen molar-refractivity contribution in [1.29, 1.82) is 0 Å². The summed E-state index contributed by atoms with van der Waals surface area (Å²) in [4.78, 5) is 5.22. The van der Waals surface area contributed by atoms with Gasteiger partial charge in [0.1, 0.15) is 0 Å². The lowest BCUT2D eigenvalue weighted by atomic mass is 9.95. The van der Waals surface area contributed by atoms with Crippen molar-refractivity contribution in [3.05, 3.63) is 0 Å². The van der Waals surface area contributed by atoms with E-state index in [2.05, 4.69) is 51.3 Å². The molecule has 90 valence electrons. The Morgan fingerprint density at radius 1 is 1.20 bits per heavy atom. The van der Waals surface area contributed by atoms with Gasteiger partial charge in [-0.2, -0.15) is 0 Å². The summed E-state index contributed by atoms with van der Waals surface area (Å²) >= 11 is 0. The molecule has 0 spiro atoms. The minimum Gasteiger partial charge on any atom is -0.300 e. The first-order valence-corrected chi connectivity index (χ1v) is 6.28. The Morgan fingerprint density at radius 2 is 1.80 bits per heavy atom. The van der Waals surface area contributed by atoms with Crippen LogP contribution in [0.15, 0.2) is 0 Å². The quantitative estimate of drug-likeness (QED) is 0.694. The van der Waals surface area contributed by atoms with Crippen LogP contribution in [0.25, 0.3) is 0 Å². The molecule has 2 nitrogen and oxygen atoms in total. The number of hydrogen-bond donors (Lipinski definition) is 0. The van der Waals surface area contributed by atoms with Crippen molar-refractivity contribution in [3.8, 4) is 0 Å². The molecule has 0 unspecified atom stereocenters. The molecule has 0 aromatic heterocycles. The van der Waals surface area contributed by atoms with E-state index in [-0.39, 0.29) is 0 Å². The number of hydrogen-bond acceptors (Lipinski definition) is 2. The molecule has 0 amide bonds. The molecule has 1 saturated heterocycles. The van der Waals surface area contributed by atoms with Gasteiger partial charge < -0.3 is 4.90 Å². The van der Waals surface area contributed by atoms with Gasteiger partial charge in [0.15, 0.2) is 0 Å². The second kappa shape index (κ2) is 4.84. The zero-order valence-corrected chi connectivity index (χ0v) is 11.4. The van der Waals surface area contributed by atoms with Crippen LogP contribution in [0.2, 0.25) is 0 Å². The Kier molecular flexibility index (Phi) is 4.19. The Balaban J connectivity index is 2.44. The minimum atomic E-state index is 0.430. The summed E-state index contributed by atoms with van der Waals surface area (Å²) in [6, 6.07) is 1.40. The fourth-order valence-corrected chi connectivity index (χ4v) is 2.63. The Morgan fingerprint density at radius 3 is 2.20 bits per heavy atom. The summed E-state index contributed by atoms with van der Waals surface area (Å²) < 4.78 is 0. The Labute approximate surface area is 95.6 Å². The third-order valence-corrected chi connectivity index (χ3v) is 3.12. The van der Waals surface area contributed by atoms with Crippen LogP contribution in [0.3, 0.4) is 0 Å². The first-order valence-electron chi connectivity index (χ1n) is 6.28. The van der Waals surface area contributed by atoms with Crippen molar-refractivity contribution in [1.82, 2.24) is 9.80 Å². The van der Waals surface area contributed by atoms with Gasteiger partial charge in [-0.25, -0.2) is 0 Å². The highest BCUT2D eigenvalue weighted by Crippen LogP contribution is 2.19. The van der Waals surface area contributed by atoms with E-state index in [9.17, 15) is 0 Å². The number of nitrogens with zero attached hydrogens (tertiary/aromatic N) is 2. The van der Waals surface area contributed by atoms with E-state index in [4.69, 9.17) is 0 Å². The fourth-order valence-electron chi connectivity index (χ4n) is 2.63. The molecule has 0 aliphatic carbocycles. The molecule has 1 heterocycles. The van der Waals surface area contributed by atoms with E-state index in [0.717, 1.165) is 0 Å². The molecule has 1 fully saturated rings. The average Bonchev–Trinajstić information content (AvgIpc) is 1.99. The predicted octanol–water partition coefficient (Wildman–Crippen LogP) is 2.45. The SMILES string of the molecule is CC(C)N1CCN(CC(C)(C)C)C[C@H]1C. The molecule has 0 N–H and O–H groups in total. The fraction of sp³-hybridized carbons (Fsp3) is 1.00. The van der Waals surface area contributed by atoms with Gasteiger partial charge in [-0.15, -0.1) is 0 Å². The van der Waals surface area contributed by atoms with Crippen LogP contribution in [-0.2, 0) is 0 Å². The van der Waals surface area contributed by atoms with Crippen molar-refractivity contribution in [2.45, 2.75) is 53.6 Å². The zero-order valence-electron chi connectivity index (χ0n) is 11.4. The molecule has 0 bridgehead atoms. The lowest BCUT2D eigenvalue weighted by Crippen LogP contribution is -2.55. The monoisotopic (exact) mass is 212 g/mol. The van der Waals surface area contributed by atoms with Gasteiger partial charge in [0.25, 0.3) is 0 Å². The molecule has 1 atom stereocenters. The standard InChI is InChI=1S/C13H28N2/c1-11(2)15-8-7-14(9-12(15)3)10-13(4,5)6/h11-12H,7-10H2,1-6H3/t12-/m1/s1. The molecule has 0 aromatic carbocycles. The molecule has 0 saturated carbocycles. The predicted molar refractivity (Wildman–Crippen MR) is 67.2 cm³/mol. The van der Waals surface area contributed by atoms with Crippen molar-refractivity contribution < 1.29 is 0 Å². The van der Waals surface area contributed by atoms with Crippen molar-refractivity contribution in [2.75, 3.05) is 26.2 Å². The molecular weight excluding hydrogens is 184 g/mol. The van der Waals surface area contributed by atoms with Gasteiger partial charge >= 0.3 is 0 Å². The summed E-state index contributed by atoms with van der Waals surface area (Å²) in [5.74, 6) is 0. The van der Waals surface area contributed by atoms with Gasteiger partial charge in [-0.3, -0.25) is 4.90 Å². The topological polar surface area (TPSA) is 6.48 Å². The van der Waals surface area contributed by atoms with E-state index >= 15 is 0 Å². The average molecular weight is 212 g/mol. The first kappa shape index (κ1) is 13.0. The summed E-state index contributed by atoms with van der Waals surface area (Å²) in [6.45, 7) is 18.9. The number of rotatable bonds is 2. The van der Waals surface area contributed by atoms with Crippen LogP contribution in [0.4, 0.5) is 0 Å². The lowest BCUT2D eigenvalue weighted by molar-refractivity contribution is 0.0438. The van der Waals surface area contributed by atoms with Gasteiger partial charge in [0.2, 0.25) is 0 Å². The maximum Gasteiger partial charge on any atom is 0.0198 e. The third-order valence-electron chi connectivity index (χ3n) is 3.12. The van der Waals surface area contributed by atoms with Gasteiger partial charge in [0, 0.05) is 38.3 Å². The zero-order chi connectivity index (χ0) is 11.6. The van der Waals surface area contributed by atoms with E-state index in [0.29, 0.717) is 17.5 Å². The highest BCUT2D eigenvalue weighted by Gasteiger charge is 2.27. The molecule has 1 aliphatic heterocycles. The molecule has 1 aliphatic rings. The summed E-state index contributed by atoms with van der Waals surface area (Å²) in [7, 11) is 0. The van der Waals surface area contributed by atoms with Crippen LogP contribution in [0.5, 0.6) is 0 Å². The highest BCUT2D eigenvalue weighted by atomic mass is 15.3. The van der Waals surface area contributed by atoms with Crippen molar-refractivity contribution in [3.63, 3.8) is 0 Å². The Hall–Kier alpha value is -0.0800. The Bertz CT molecular complexity index is 193. The van der Waals surface area contributed by atoms with Crippen molar-refractivity contribution >= 4 is 0 Å². The molecule has 15 heavy (non-hydrogen) atoms. The number of piperazine rings is 1. The molecular formula is C13H28N2. The summed E-state index contributed by atoms with van der Waals surface area (Å²) in [5, 5.41) is 0. The van der Waals surface area contributed by atoms with Crippen LogP contribution < -0.4 is 0 Å². The van der Waals surface area contributed by atoms with E-state index in [1.807, 2.05) is 0 Å². The molecule has 0 radical (unpaired) electrons. The molecule has 1 rings (SSSR count). The van der Waals surface area contributed by atoms with Gasteiger partial charge in [0.05, 0.1) is 0 Å². The van der Waals surface area contributed by atoms with Gasteiger partial charge in [-0.05, 0) is 26.2 Å². The van der Waals surface area contributed by atoms with E-state index in [1.54, 1.807) is 0 Å². The van der Waals surface area contributed by atoms with Crippen LogP contribution >= 0.6 is 0 Å². The molecule has 0 aromatic rings. The lowest BCUT2D eigenvalue weighted by Gasteiger charge is -2.43. The van der Waals surface area contributed by atoms with E-state index < -0.39 is 0 Å². The van der Waals surface area contributed by atoms with Gasteiger partial charge in [-0.1, -0.05) is 20.8 Å². The third kappa shape index (κ3) is 4.12. The highest BCUT2D eigenvalue weighted by molar-refractivity contribution is 4.83. The first-order chi connectivity index (χ1) is 6.79. The summed E-state index contributed by atoms with van der Waals surface area (Å²) in [6.07, 6.45) is 0. The molecule has 2 heteroatoms. The van der Waals surface area contributed by atoms with E-state index in [1.165, 1.54) is 26.2 Å². The maximum atomic E-state index is 2.61. The minimum absolute atomic E-state index is 0.430. The second-order valence-electron chi connectivity index (χ2n) is 6.48. The van der Waals surface area contributed by atoms with Crippen LogP contribution in [0, 0.1) is 5.41 Å². The normalized spacial score (nSPS) is 26.2. The second-order valence-corrected chi connectivity index (χ2v) is 6.48. The summed E-state index contributed by atoms with van der Waals surface area (Å²) in [5.41, 5.74) is 0.430. The van der Waals surface area contributed by atoms with Crippen molar-refractivity contribution in [2.24, 2.45) is 5.41 Å².